The third-order valence-electron chi connectivity index (χ3n) is 4.84. The van der Waals surface area contributed by atoms with Crippen LogP contribution in [0.1, 0.15) is 31.5 Å². The van der Waals surface area contributed by atoms with Crippen molar-refractivity contribution in [3.8, 4) is 22.8 Å². The van der Waals surface area contributed by atoms with Crippen molar-refractivity contribution in [1.82, 2.24) is 10.1 Å². The number of nitrogens with zero attached hydrogens (tertiary/aromatic N) is 2. The fraction of sp³-hybridized carbons (Fsp3) is 0.286. The lowest BCUT2D eigenvalue weighted by atomic mass is 10.0. The summed E-state index contributed by atoms with van der Waals surface area (Å²) in [6.45, 7) is 2.13. The second kappa shape index (κ2) is 8.16. The zero-order valence-corrected chi connectivity index (χ0v) is 17.1. The van der Waals surface area contributed by atoms with E-state index in [1.165, 1.54) is 7.11 Å². The quantitative estimate of drug-likeness (QED) is 0.328. The number of phenolic OH excluding ortho intramolecular Hbond substituents is 1. The summed E-state index contributed by atoms with van der Waals surface area (Å²) < 4.78 is 6.99. The molecule has 0 aliphatic carbocycles. The maximum Gasteiger partial charge on any atom is 0.325 e. The molecule has 150 valence electrons. The summed E-state index contributed by atoms with van der Waals surface area (Å²) in [5.41, 5.74) is 2.79. The van der Waals surface area contributed by atoms with Gasteiger partial charge in [-0.1, -0.05) is 37.2 Å². The van der Waals surface area contributed by atoms with Crippen molar-refractivity contribution in [2.75, 3.05) is 18.2 Å². The number of aromatic amines is 1. The van der Waals surface area contributed by atoms with Crippen LogP contribution >= 0.6 is 11.8 Å². The van der Waals surface area contributed by atoms with Crippen molar-refractivity contribution in [3.63, 3.8) is 0 Å². The van der Waals surface area contributed by atoms with Crippen molar-refractivity contribution >= 4 is 17.4 Å². The maximum atomic E-state index is 13.0. The number of phenols is 1. The predicted molar refractivity (Wildman–Crippen MR) is 113 cm³/mol. The van der Waals surface area contributed by atoms with Crippen molar-refractivity contribution in [2.24, 2.45) is 0 Å². The highest BCUT2D eigenvalue weighted by Gasteiger charge is 2.37. The zero-order valence-electron chi connectivity index (χ0n) is 16.3. The minimum Gasteiger partial charge on any atom is -0.504 e. The number of aromatic hydroxyl groups is 1. The Hall–Kier alpha value is -3.00. The third kappa shape index (κ3) is 3.67. The van der Waals surface area contributed by atoms with Gasteiger partial charge < -0.3 is 15.2 Å². The number of hydrogen-bond acceptors (Lipinski definition) is 6. The van der Waals surface area contributed by atoms with Crippen LogP contribution in [0.15, 0.2) is 52.4 Å². The Morgan fingerprint density at radius 1 is 1.28 bits per heavy atom. The SMILES string of the molecule is CCCCSc1n[n+]2c(c(=O)[nH]1)-c1ccccc1N[C@@H]2c1ccc(O)c(OC)c1. The number of fused-ring (bicyclic) bond motifs is 3. The number of thioether (sulfide) groups is 1. The Bertz CT molecular complexity index is 1100. The first-order valence-corrected chi connectivity index (χ1v) is 10.5. The van der Waals surface area contributed by atoms with Crippen LogP contribution in [0, 0.1) is 0 Å². The number of nitrogens with one attached hydrogen (secondary N) is 2. The van der Waals surface area contributed by atoms with Gasteiger partial charge in [-0.3, -0.25) is 9.78 Å². The van der Waals surface area contributed by atoms with E-state index in [4.69, 9.17) is 9.84 Å². The van der Waals surface area contributed by atoms with E-state index in [0.29, 0.717) is 16.6 Å². The highest BCUT2D eigenvalue weighted by Crippen LogP contribution is 2.34. The number of hydrogen-bond donors (Lipinski definition) is 3. The number of benzene rings is 2. The second-order valence-corrected chi connectivity index (χ2v) is 7.86. The highest BCUT2D eigenvalue weighted by molar-refractivity contribution is 7.99. The summed E-state index contributed by atoms with van der Waals surface area (Å²) >= 11 is 1.54. The molecule has 29 heavy (non-hydrogen) atoms. The molecule has 0 spiro atoms. The van der Waals surface area contributed by atoms with Crippen LogP contribution in [-0.4, -0.2) is 28.1 Å². The average molecular weight is 412 g/mol. The first-order valence-electron chi connectivity index (χ1n) is 9.54. The Kier molecular flexibility index (Phi) is 5.44. The number of para-hydroxylation sites is 1. The molecular formula is C21H23N4O3S+. The summed E-state index contributed by atoms with van der Waals surface area (Å²) in [6.07, 6.45) is 1.72. The molecule has 2 aromatic carbocycles. The van der Waals surface area contributed by atoms with Gasteiger partial charge in [0.1, 0.15) is 0 Å². The van der Waals surface area contributed by atoms with E-state index in [1.807, 2.05) is 24.3 Å². The first kappa shape index (κ1) is 19.3. The smallest absolute Gasteiger partial charge is 0.325 e. The normalized spacial score (nSPS) is 14.6. The van der Waals surface area contributed by atoms with Crippen LogP contribution in [0.2, 0.25) is 0 Å². The monoisotopic (exact) mass is 411 g/mol. The lowest BCUT2D eigenvalue weighted by Gasteiger charge is -2.22. The molecule has 1 aromatic heterocycles. The van der Waals surface area contributed by atoms with Gasteiger partial charge in [-0.15, -0.1) is 0 Å². The van der Waals surface area contributed by atoms with Gasteiger partial charge in [0.25, 0.3) is 6.17 Å². The minimum absolute atomic E-state index is 0.0624. The van der Waals surface area contributed by atoms with Crippen molar-refractivity contribution in [1.29, 1.82) is 0 Å². The summed E-state index contributed by atoms with van der Waals surface area (Å²) in [5, 5.41) is 18.8. The molecule has 0 saturated heterocycles. The van der Waals surface area contributed by atoms with Gasteiger partial charge in [0.2, 0.25) is 5.16 Å². The summed E-state index contributed by atoms with van der Waals surface area (Å²) in [4.78, 5) is 15.9. The molecule has 7 nitrogen and oxygen atoms in total. The van der Waals surface area contributed by atoms with E-state index in [9.17, 15) is 9.90 Å². The van der Waals surface area contributed by atoms with Gasteiger partial charge in [0.15, 0.2) is 11.5 Å². The molecule has 3 aromatic rings. The van der Waals surface area contributed by atoms with E-state index in [0.717, 1.165) is 35.4 Å². The number of rotatable bonds is 6. The second-order valence-electron chi connectivity index (χ2n) is 6.78. The standard InChI is InChI=1S/C21H22N4O3S/c1-3-4-11-29-21-23-20(27)18-14-7-5-6-8-15(14)22-19(25(18)24-21)13-9-10-16(26)17(12-13)28-2/h5-10,12,19H,3-4,11H2,1-2H3,(H2,23,24,26,27)/p+1/t19-/m0/s1. The molecule has 4 rings (SSSR count). The van der Waals surface area contributed by atoms with Gasteiger partial charge in [-0.05, 0) is 41.4 Å². The molecule has 8 heteroatoms. The topological polar surface area (TPSA) is 91.1 Å². The molecule has 1 aliphatic heterocycles. The average Bonchev–Trinajstić information content (AvgIpc) is 2.73. The van der Waals surface area contributed by atoms with E-state index >= 15 is 0 Å². The number of anilines is 1. The molecule has 0 saturated carbocycles. The van der Waals surface area contributed by atoms with Crippen molar-refractivity contribution < 1.29 is 14.5 Å². The first-order chi connectivity index (χ1) is 14.1. The van der Waals surface area contributed by atoms with Gasteiger partial charge in [-0.2, -0.15) is 0 Å². The van der Waals surface area contributed by atoms with Crippen LogP contribution < -0.4 is 20.3 Å². The Morgan fingerprint density at radius 2 is 2.10 bits per heavy atom. The number of unbranched alkanes of at least 4 members (excludes halogenated alkanes) is 1. The molecule has 1 atom stereocenters. The largest absolute Gasteiger partial charge is 0.504 e. The maximum absolute atomic E-state index is 13.0. The summed E-state index contributed by atoms with van der Waals surface area (Å²) in [5.74, 6) is 1.32. The molecule has 0 unspecified atom stereocenters. The van der Waals surface area contributed by atoms with E-state index in [1.54, 1.807) is 34.6 Å². The van der Waals surface area contributed by atoms with Crippen LogP contribution in [-0.2, 0) is 0 Å². The van der Waals surface area contributed by atoms with Crippen LogP contribution in [0.4, 0.5) is 5.69 Å². The van der Waals surface area contributed by atoms with E-state index < -0.39 is 6.17 Å². The molecule has 0 bridgehead atoms. The zero-order chi connectivity index (χ0) is 20.4. The van der Waals surface area contributed by atoms with Crippen LogP contribution in [0.25, 0.3) is 11.3 Å². The number of ether oxygens (including phenoxy) is 1. The molecule has 3 N–H and O–H groups in total. The molecular weight excluding hydrogens is 388 g/mol. The highest BCUT2D eigenvalue weighted by atomic mass is 32.2. The van der Waals surface area contributed by atoms with Crippen molar-refractivity contribution in [3.05, 3.63) is 58.4 Å². The van der Waals surface area contributed by atoms with Gasteiger partial charge in [0, 0.05) is 16.4 Å². The van der Waals surface area contributed by atoms with E-state index in [2.05, 4.69) is 17.2 Å². The Balaban J connectivity index is 1.86. The summed E-state index contributed by atoms with van der Waals surface area (Å²) in [7, 11) is 1.51. The number of H-pyrrole nitrogens is 1. The van der Waals surface area contributed by atoms with E-state index in [-0.39, 0.29) is 11.3 Å². The van der Waals surface area contributed by atoms with Gasteiger partial charge in [0.05, 0.1) is 18.4 Å². The molecule has 0 radical (unpaired) electrons. The molecule has 1 aliphatic rings. The minimum atomic E-state index is -0.415. The number of aromatic nitrogens is 3. The van der Waals surface area contributed by atoms with Gasteiger partial charge >= 0.3 is 11.3 Å². The van der Waals surface area contributed by atoms with Crippen LogP contribution in [0.5, 0.6) is 11.5 Å². The number of methoxy groups -OCH3 is 1. The summed E-state index contributed by atoms with van der Waals surface area (Å²) in [6, 6.07) is 12.8. The Labute approximate surface area is 172 Å². The fourth-order valence-corrected chi connectivity index (χ4v) is 4.29. The molecule has 2 heterocycles. The predicted octanol–water partition coefficient (Wildman–Crippen LogP) is 3.30. The lowest BCUT2D eigenvalue weighted by molar-refractivity contribution is -0.759. The third-order valence-corrected chi connectivity index (χ3v) is 5.79. The Morgan fingerprint density at radius 3 is 2.90 bits per heavy atom. The lowest BCUT2D eigenvalue weighted by Crippen LogP contribution is -2.55. The molecule has 0 amide bonds. The van der Waals surface area contributed by atoms with Crippen molar-refractivity contribution in [2.45, 2.75) is 31.1 Å². The van der Waals surface area contributed by atoms with Crippen LogP contribution in [0.3, 0.4) is 0 Å². The fourth-order valence-electron chi connectivity index (χ4n) is 3.36. The molecule has 0 fully saturated rings. The van der Waals surface area contributed by atoms with Gasteiger partial charge in [-0.25, -0.2) is 0 Å².